The van der Waals surface area contributed by atoms with Crippen LogP contribution in [0.1, 0.15) is 39.9 Å². The van der Waals surface area contributed by atoms with Gasteiger partial charge in [-0.05, 0) is 24.8 Å². The average molecular weight is 394 g/mol. The maximum atomic E-state index is 12.2. The Morgan fingerprint density at radius 1 is 1.22 bits per heavy atom. The highest BCUT2D eigenvalue weighted by Gasteiger charge is 2.34. The Balaban J connectivity index is 1.45. The van der Waals surface area contributed by atoms with E-state index in [2.05, 4.69) is 15.5 Å². The summed E-state index contributed by atoms with van der Waals surface area (Å²) < 4.78 is 11.3. The third-order valence-corrected chi connectivity index (χ3v) is 6.40. The van der Waals surface area contributed by atoms with Gasteiger partial charge in [0.15, 0.2) is 0 Å². The van der Waals surface area contributed by atoms with E-state index < -0.39 is 5.91 Å². The second-order valence-electron chi connectivity index (χ2n) is 7.19. The van der Waals surface area contributed by atoms with Crippen molar-refractivity contribution in [3.8, 4) is 0 Å². The van der Waals surface area contributed by atoms with Crippen LogP contribution in [0.4, 0.5) is 5.00 Å². The number of nitrogens with one attached hydrogen (secondary N) is 2. The molecule has 4 N–H and O–H groups in total. The predicted octanol–water partition coefficient (Wildman–Crippen LogP) is 0.689. The second kappa shape index (κ2) is 8.24. The zero-order chi connectivity index (χ0) is 18.8. The van der Waals surface area contributed by atoms with Crippen LogP contribution in [0.15, 0.2) is 0 Å². The van der Waals surface area contributed by atoms with Crippen molar-refractivity contribution in [2.45, 2.75) is 25.5 Å². The first kappa shape index (κ1) is 18.8. The van der Waals surface area contributed by atoms with E-state index >= 15 is 0 Å². The van der Waals surface area contributed by atoms with Crippen molar-refractivity contribution < 1.29 is 19.1 Å². The Hall–Kier alpha value is -1.52. The van der Waals surface area contributed by atoms with Crippen molar-refractivity contribution in [2.24, 2.45) is 11.7 Å². The molecule has 4 rings (SSSR count). The molecule has 2 aliphatic heterocycles. The summed E-state index contributed by atoms with van der Waals surface area (Å²) in [6, 6.07) is 0. The number of anilines is 1. The lowest BCUT2D eigenvalue weighted by Gasteiger charge is -2.29. The van der Waals surface area contributed by atoms with Gasteiger partial charge in [0.2, 0.25) is 5.91 Å². The molecule has 2 amide bonds. The molecule has 1 aromatic heterocycles. The average Bonchev–Trinajstić information content (AvgIpc) is 3.44. The fourth-order valence-electron chi connectivity index (χ4n) is 3.54. The predicted molar refractivity (Wildman–Crippen MR) is 102 cm³/mol. The summed E-state index contributed by atoms with van der Waals surface area (Å²) in [7, 11) is 0. The number of carbonyl (C=O) groups is 2. The van der Waals surface area contributed by atoms with E-state index in [0.29, 0.717) is 23.6 Å². The van der Waals surface area contributed by atoms with Gasteiger partial charge in [-0.1, -0.05) is 0 Å². The normalized spacial score (nSPS) is 23.0. The minimum absolute atomic E-state index is 0.0196. The number of hydrogen-bond donors (Lipinski definition) is 3. The van der Waals surface area contributed by atoms with Crippen molar-refractivity contribution in [1.29, 1.82) is 0 Å². The Morgan fingerprint density at radius 3 is 2.70 bits per heavy atom. The van der Waals surface area contributed by atoms with Crippen LogP contribution in [0.25, 0.3) is 0 Å². The first-order valence-electron chi connectivity index (χ1n) is 9.55. The number of morpholine rings is 1. The third kappa shape index (κ3) is 4.33. The molecule has 1 aromatic rings. The van der Waals surface area contributed by atoms with Crippen LogP contribution in [0.5, 0.6) is 0 Å². The number of hydrogen-bond acceptors (Lipinski definition) is 7. The van der Waals surface area contributed by atoms with Gasteiger partial charge in [-0.25, -0.2) is 0 Å². The van der Waals surface area contributed by atoms with E-state index in [4.69, 9.17) is 15.2 Å². The molecule has 3 heterocycles. The molecule has 1 saturated carbocycles. The van der Waals surface area contributed by atoms with Crippen LogP contribution >= 0.6 is 11.3 Å². The zero-order valence-electron chi connectivity index (χ0n) is 15.3. The Labute approximate surface area is 162 Å². The van der Waals surface area contributed by atoms with E-state index in [9.17, 15) is 9.59 Å². The second-order valence-corrected chi connectivity index (χ2v) is 8.24. The maximum absolute atomic E-state index is 12.2. The van der Waals surface area contributed by atoms with Crippen molar-refractivity contribution in [2.75, 3.05) is 51.3 Å². The molecule has 1 saturated heterocycles. The fraction of sp³-hybridized carbons (Fsp3) is 0.667. The van der Waals surface area contributed by atoms with Crippen LogP contribution in [0.2, 0.25) is 0 Å². The van der Waals surface area contributed by atoms with Crippen LogP contribution < -0.4 is 16.4 Å². The lowest BCUT2D eigenvalue weighted by molar-refractivity contribution is -0.117. The summed E-state index contributed by atoms with van der Waals surface area (Å²) >= 11 is 1.40. The van der Waals surface area contributed by atoms with E-state index in [1.165, 1.54) is 11.3 Å². The van der Waals surface area contributed by atoms with Gasteiger partial charge >= 0.3 is 0 Å². The van der Waals surface area contributed by atoms with Gasteiger partial charge in [-0.15, -0.1) is 11.3 Å². The van der Waals surface area contributed by atoms with Gasteiger partial charge in [0.05, 0.1) is 30.3 Å². The molecule has 148 valence electrons. The molecule has 1 unspecified atom stereocenters. The molecule has 0 spiro atoms. The van der Waals surface area contributed by atoms with Crippen molar-refractivity contribution >= 4 is 28.2 Å². The number of primary amides is 1. The first-order valence-corrected chi connectivity index (χ1v) is 10.4. The molecule has 1 atom stereocenters. The van der Waals surface area contributed by atoms with Crippen LogP contribution in [0, 0.1) is 5.92 Å². The van der Waals surface area contributed by atoms with Gasteiger partial charge < -0.3 is 20.5 Å². The molecule has 3 aliphatic rings. The van der Waals surface area contributed by atoms with Crippen LogP contribution in [0.3, 0.4) is 0 Å². The molecule has 0 radical (unpaired) electrons. The SMILES string of the molecule is NC(=O)c1c(NC(=O)C2CC2)sc2c1CCOC2NCCN1CCOCC1. The molecule has 27 heavy (non-hydrogen) atoms. The van der Waals surface area contributed by atoms with Crippen molar-refractivity contribution in [3.63, 3.8) is 0 Å². The smallest absolute Gasteiger partial charge is 0.251 e. The number of rotatable bonds is 7. The standard InChI is InChI=1S/C18H26N4O4S/c19-15(23)13-12-3-8-26-17(20-4-5-22-6-9-25-10-7-22)14(12)27-18(13)21-16(24)11-1-2-11/h11,17,20H,1-10H2,(H2,19,23)(H,21,24). The van der Waals surface area contributed by atoms with Crippen LogP contribution in [-0.4, -0.2) is 62.7 Å². The summed E-state index contributed by atoms with van der Waals surface area (Å²) in [6.45, 7) is 5.66. The number of fused-ring (bicyclic) bond motifs is 1. The van der Waals surface area contributed by atoms with Gasteiger partial charge in [0.25, 0.3) is 5.91 Å². The third-order valence-electron chi connectivity index (χ3n) is 5.21. The lowest BCUT2D eigenvalue weighted by atomic mass is 10.0. The zero-order valence-corrected chi connectivity index (χ0v) is 16.1. The highest BCUT2D eigenvalue weighted by Crippen LogP contribution is 2.41. The maximum Gasteiger partial charge on any atom is 0.251 e. The molecule has 9 heteroatoms. The van der Waals surface area contributed by atoms with Gasteiger partial charge in [-0.2, -0.15) is 0 Å². The first-order chi connectivity index (χ1) is 13.1. The van der Waals surface area contributed by atoms with Crippen molar-refractivity contribution in [1.82, 2.24) is 10.2 Å². The highest BCUT2D eigenvalue weighted by molar-refractivity contribution is 7.17. The summed E-state index contributed by atoms with van der Waals surface area (Å²) in [5, 5.41) is 6.91. The summed E-state index contributed by atoms with van der Waals surface area (Å²) in [5.41, 5.74) is 6.99. The van der Waals surface area contributed by atoms with Gasteiger partial charge in [-0.3, -0.25) is 19.8 Å². The minimum atomic E-state index is -0.493. The summed E-state index contributed by atoms with van der Waals surface area (Å²) in [5.74, 6) is -0.440. The fourth-order valence-corrected chi connectivity index (χ4v) is 4.82. The molecule has 0 bridgehead atoms. The number of carbonyl (C=O) groups excluding carboxylic acids is 2. The molecular weight excluding hydrogens is 368 g/mol. The Morgan fingerprint density at radius 2 is 2.00 bits per heavy atom. The van der Waals surface area contributed by atoms with Crippen LogP contribution in [-0.2, 0) is 20.7 Å². The number of ether oxygens (including phenoxy) is 2. The quantitative estimate of drug-likeness (QED) is 0.628. The Bertz CT molecular complexity index is 712. The van der Waals surface area contributed by atoms with E-state index in [1.807, 2.05) is 0 Å². The molecule has 2 fully saturated rings. The van der Waals surface area contributed by atoms with Gasteiger partial charge in [0.1, 0.15) is 11.2 Å². The highest BCUT2D eigenvalue weighted by atomic mass is 32.1. The van der Waals surface area contributed by atoms with E-state index in [-0.39, 0.29) is 18.1 Å². The summed E-state index contributed by atoms with van der Waals surface area (Å²) in [4.78, 5) is 27.5. The molecule has 8 nitrogen and oxygen atoms in total. The molecule has 0 aromatic carbocycles. The number of nitrogens with two attached hydrogens (primary N) is 1. The molecular formula is C18H26N4O4S. The monoisotopic (exact) mass is 394 g/mol. The number of amides is 2. The topological polar surface area (TPSA) is 106 Å². The van der Waals surface area contributed by atoms with E-state index in [0.717, 1.165) is 62.7 Å². The lowest BCUT2D eigenvalue weighted by Crippen LogP contribution is -2.41. The number of nitrogens with zero attached hydrogens (tertiary/aromatic N) is 1. The molecule has 1 aliphatic carbocycles. The Kier molecular flexibility index (Phi) is 5.74. The van der Waals surface area contributed by atoms with Gasteiger partial charge in [0, 0.05) is 32.1 Å². The van der Waals surface area contributed by atoms with E-state index in [1.54, 1.807) is 0 Å². The largest absolute Gasteiger partial charge is 0.379 e. The number of thiophene rings is 1. The summed E-state index contributed by atoms with van der Waals surface area (Å²) in [6.07, 6.45) is 2.19. The minimum Gasteiger partial charge on any atom is -0.379 e. The van der Waals surface area contributed by atoms with Crippen molar-refractivity contribution in [3.05, 3.63) is 16.0 Å².